The van der Waals surface area contributed by atoms with Crippen molar-refractivity contribution in [3.05, 3.63) is 86.7 Å². The maximum absolute atomic E-state index is 10.8. The van der Waals surface area contributed by atoms with Gasteiger partial charge in [0.25, 0.3) is 0 Å². The van der Waals surface area contributed by atoms with Gasteiger partial charge in [-0.15, -0.1) is 0 Å². The molecule has 5 nitrogen and oxygen atoms in total. The molecule has 0 amide bonds. The molecule has 0 aliphatic rings. The van der Waals surface area contributed by atoms with Gasteiger partial charge >= 0.3 is 5.97 Å². The first-order valence-corrected chi connectivity index (χ1v) is 9.81. The minimum atomic E-state index is -0.838. The van der Waals surface area contributed by atoms with Crippen molar-refractivity contribution in [2.75, 3.05) is 0 Å². The van der Waals surface area contributed by atoms with Gasteiger partial charge in [-0.25, -0.2) is 0 Å². The first kappa shape index (κ1) is 21.0. The van der Waals surface area contributed by atoms with Crippen molar-refractivity contribution in [1.29, 1.82) is 0 Å². The number of nitrogens with one attached hydrogen (secondary N) is 1. The van der Waals surface area contributed by atoms with Gasteiger partial charge in [-0.05, 0) is 49.7 Å². The smallest absolute Gasteiger partial charge is 0.307 e. The second kappa shape index (κ2) is 9.16. The predicted molar refractivity (Wildman–Crippen MR) is 117 cm³/mol. The van der Waals surface area contributed by atoms with Gasteiger partial charge in [0.05, 0.1) is 19.2 Å². The molecule has 0 radical (unpaired) electrons. The van der Waals surface area contributed by atoms with Crippen LogP contribution in [0.2, 0.25) is 10.0 Å². The highest BCUT2D eigenvalue weighted by Gasteiger charge is 2.10. The summed E-state index contributed by atoms with van der Waals surface area (Å²) in [6.45, 7) is 4.47. The molecule has 0 unspecified atom stereocenters. The van der Waals surface area contributed by atoms with E-state index < -0.39 is 5.97 Å². The molecule has 0 saturated heterocycles. The molecule has 2 N–H and O–H groups in total. The third kappa shape index (κ3) is 5.00. The molecule has 0 saturated carbocycles. The van der Waals surface area contributed by atoms with Crippen molar-refractivity contribution in [2.45, 2.75) is 26.8 Å². The van der Waals surface area contributed by atoms with Gasteiger partial charge < -0.3 is 15.1 Å². The normalized spacial score (nSPS) is 11.2. The molecule has 0 bridgehead atoms. The zero-order chi connectivity index (χ0) is 21.0. The van der Waals surface area contributed by atoms with Crippen LogP contribution in [0.4, 0.5) is 0 Å². The molecule has 0 spiro atoms. The highest BCUT2D eigenvalue weighted by Crippen LogP contribution is 2.24. The summed E-state index contributed by atoms with van der Waals surface area (Å²) in [5.41, 5.74) is 8.62. The Morgan fingerprint density at radius 2 is 1.79 bits per heavy atom. The number of benzene rings is 2. The third-order valence-corrected chi connectivity index (χ3v) is 5.34. The summed E-state index contributed by atoms with van der Waals surface area (Å²) in [5.74, 6) is -0.838. The van der Waals surface area contributed by atoms with Crippen molar-refractivity contribution in [3.8, 4) is 5.69 Å². The summed E-state index contributed by atoms with van der Waals surface area (Å²) >= 11 is 12.3. The second-order valence-corrected chi connectivity index (χ2v) is 7.51. The Morgan fingerprint density at radius 3 is 2.41 bits per heavy atom. The predicted octanol–water partition coefficient (Wildman–Crippen LogP) is 5.15. The van der Waals surface area contributed by atoms with Gasteiger partial charge in [0.15, 0.2) is 0 Å². The van der Waals surface area contributed by atoms with E-state index in [-0.39, 0.29) is 6.42 Å². The van der Waals surface area contributed by atoms with E-state index in [0.717, 1.165) is 33.8 Å². The van der Waals surface area contributed by atoms with Crippen molar-refractivity contribution in [2.24, 2.45) is 5.10 Å². The van der Waals surface area contributed by atoms with E-state index in [0.29, 0.717) is 16.6 Å². The van der Waals surface area contributed by atoms with Gasteiger partial charge in [-0.2, -0.15) is 5.10 Å². The fourth-order valence-electron chi connectivity index (χ4n) is 3.19. The fraction of sp³-hybridized carbons (Fsp3) is 0.182. The van der Waals surface area contributed by atoms with E-state index in [2.05, 4.69) is 15.1 Å². The van der Waals surface area contributed by atoms with Crippen molar-refractivity contribution in [1.82, 2.24) is 9.99 Å². The van der Waals surface area contributed by atoms with Crippen molar-refractivity contribution < 1.29 is 9.90 Å². The van der Waals surface area contributed by atoms with Crippen LogP contribution in [0.15, 0.2) is 53.6 Å². The number of carboxylic acid groups (broad SMARTS) is 1. The highest BCUT2D eigenvalue weighted by molar-refractivity contribution is 6.35. The Labute approximate surface area is 179 Å². The number of hydrogen-bond donors (Lipinski definition) is 2. The number of aryl methyl sites for hydroxylation is 1. The first-order chi connectivity index (χ1) is 13.9. The average molecular weight is 430 g/mol. The third-order valence-electron chi connectivity index (χ3n) is 4.63. The molecule has 1 aromatic heterocycles. The summed E-state index contributed by atoms with van der Waals surface area (Å²) in [7, 11) is 0. The monoisotopic (exact) mass is 429 g/mol. The maximum atomic E-state index is 10.8. The van der Waals surface area contributed by atoms with Crippen LogP contribution >= 0.6 is 23.2 Å². The standard InChI is InChI=1S/C22H21Cl2N3O2/c1-14-10-17(12-25-26-13-19-20(23)4-3-5-21(19)24)15(2)27(14)18-8-6-16(7-9-18)11-22(28)29/h3-10,12,26H,11,13H2,1-2H3,(H,28,29)/b25-12-. The molecular weight excluding hydrogens is 409 g/mol. The van der Waals surface area contributed by atoms with Gasteiger partial charge in [-0.3, -0.25) is 4.79 Å². The van der Waals surface area contributed by atoms with Gasteiger partial charge in [0.1, 0.15) is 0 Å². The van der Waals surface area contributed by atoms with E-state index in [1.54, 1.807) is 24.4 Å². The molecule has 0 fully saturated rings. The van der Waals surface area contributed by atoms with E-state index in [1.165, 1.54) is 0 Å². The van der Waals surface area contributed by atoms with Gasteiger partial charge in [0.2, 0.25) is 0 Å². The summed E-state index contributed by atoms with van der Waals surface area (Å²) in [6.07, 6.45) is 1.78. The number of halogens is 2. The van der Waals surface area contributed by atoms with Gasteiger partial charge in [0, 0.05) is 38.2 Å². The first-order valence-electron chi connectivity index (χ1n) is 9.05. The number of aromatic nitrogens is 1. The Morgan fingerprint density at radius 1 is 1.14 bits per heavy atom. The van der Waals surface area contributed by atoms with Crippen LogP contribution in [0.25, 0.3) is 5.69 Å². The lowest BCUT2D eigenvalue weighted by molar-refractivity contribution is -0.136. The van der Waals surface area contributed by atoms with Crippen LogP contribution in [0, 0.1) is 13.8 Å². The highest BCUT2D eigenvalue weighted by atomic mass is 35.5. The molecule has 0 atom stereocenters. The zero-order valence-corrected chi connectivity index (χ0v) is 17.6. The van der Waals surface area contributed by atoms with Gasteiger partial charge in [-0.1, -0.05) is 41.4 Å². The maximum Gasteiger partial charge on any atom is 0.307 e. The Bertz CT molecular complexity index is 1040. The van der Waals surface area contributed by atoms with Crippen LogP contribution in [-0.4, -0.2) is 21.9 Å². The lowest BCUT2D eigenvalue weighted by atomic mass is 10.1. The Balaban J connectivity index is 1.74. The summed E-state index contributed by atoms with van der Waals surface area (Å²) in [5, 5.41) is 14.4. The van der Waals surface area contributed by atoms with Crippen LogP contribution in [0.1, 0.15) is 28.1 Å². The second-order valence-electron chi connectivity index (χ2n) is 6.69. The number of carboxylic acids is 1. The number of nitrogens with zero attached hydrogens (tertiary/aromatic N) is 2. The summed E-state index contributed by atoms with van der Waals surface area (Å²) in [6, 6.07) is 15.0. The molecule has 2 aromatic carbocycles. The van der Waals surface area contributed by atoms with Crippen LogP contribution < -0.4 is 5.43 Å². The van der Waals surface area contributed by atoms with E-state index in [4.69, 9.17) is 28.3 Å². The SMILES string of the molecule is Cc1cc(/C=N\NCc2c(Cl)cccc2Cl)c(C)n1-c1ccc(CC(=O)O)cc1. The number of hydrogen-bond acceptors (Lipinski definition) is 3. The van der Waals surface area contributed by atoms with Crippen molar-refractivity contribution >= 4 is 35.4 Å². The summed E-state index contributed by atoms with van der Waals surface area (Å²) < 4.78 is 2.11. The molecule has 1 heterocycles. The molecule has 3 aromatic rings. The fourth-order valence-corrected chi connectivity index (χ4v) is 3.73. The minimum Gasteiger partial charge on any atom is -0.481 e. The van der Waals surface area contributed by atoms with Crippen LogP contribution in [0.3, 0.4) is 0 Å². The van der Waals surface area contributed by atoms with E-state index >= 15 is 0 Å². The largest absolute Gasteiger partial charge is 0.481 e. The molecule has 3 rings (SSSR count). The number of carbonyl (C=O) groups is 1. The molecular formula is C22H21Cl2N3O2. The van der Waals surface area contributed by atoms with Crippen molar-refractivity contribution in [3.63, 3.8) is 0 Å². The number of hydrazone groups is 1. The van der Waals surface area contributed by atoms with E-state index in [9.17, 15) is 4.79 Å². The van der Waals surface area contributed by atoms with Crippen LogP contribution in [0.5, 0.6) is 0 Å². The zero-order valence-electron chi connectivity index (χ0n) is 16.1. The lowest BCUT2D eigenvalue weighted by Crippen LogP contribution is -2.07. The number of aliphatic carboxylic acids is 1. The molecule has 29 heavy (non-hydrogen) atoms. The molecule has 7 heteroatoms. The topological polar surface area (TPSA) is 66.6 Å². The minimum absolute atomic E-state index is 0.0168. The molecule has 0 aliphatic heterocycles. The Kier molecular flexibility index (Phi) is 6.62. The summed E-state index contributed by atoms with van der Waals surface area (Å²) in [4.78, 5) is 10.8. The number of rotatable bonds is 7. The molecule has 150 valence electrons. The lowest BCUT2D eigenvalue weighted by Gasteiger charge is -2.10. The Hall–Kier alpha value is -2.76. The average Bonchev–Trinajstić information content (AvgIpc) is 2.94. The van der Waals surface area contributed by atoms with Crippen LogP contribution in [-0.2, 0) is 17.8 Å². The molecule has 0 aliphatic carbocycles. The quantitative estimate of drug-likeness (QED) is 0.402. The van der Waals surface area contributed by atoms with E-state index in [1.807, 2.05) is 44.2 Å².